The zero-order valence-electron chi connectivity index (χ0n) is 8.20. The molecule has 8 heteroatoms. The molecule has 1 aromatic heterocycles. The average Bonchev–Trinajstić information content (AvgIpc) is 2.66. The minimum Gasteiger partial charge on any atom is -0.221 e. The summed E-state index contributed by atoms with van der Waals surface area (Å²) in [6.45, 7) is 0. The van der Waals surface area contributed by atoms with Gasteiger partial charge in [-0.2, -0.15) is 4.68 Å². The summed E-state index contributed by atoms with van der Waals surface area (Å²) in [4.78, 5) is 0. The van der Waals surface area contributed by atoms with Gasteiger partial charge >= 0.3 is 0 Å². The molecular weight excluding hydrogens is 252 g/mol. The van der Waals surface area contributed by atoms with E-state index in [1.807, 2.05) is 0 Å². The van der Waals surface area contributed by atoms with Crippen LogP contribution in [0.1, 0.15) is 0 Å². The molecule has 0 fully saturated rings. The van der Waals surface area contributed by atoms with E-state index in [1.54, 1.807) is 24.3 Å². The second-order valence-corrected chi connectivity index (χ2v) is 5.41. The van der Waals surface area contributed by atoms with Gasteiger partial charge in [0.2, 0.25) is 9.84 Å². The standard InChI is InChI=1S/C8H7ClN4O2S/c1-16(14,15)8-10-11-12-13(8)7-5-3-2-4-6(7)9/h2-5H,1H3. The minimum atomic E-state index is -3.49. The number of tetrazole rings is 1. The number of sulfone groups is 1. The van der Waals surface area contributed by atoms with Crippen molar-refractivity contribution in [2.75, 3.05) is 6.26 Å². The summed E-state index contributed by atoms with van der Waals surface area (Å²) in [5.74, 6) is 0. The Morgan fingerprint density at radius 3 is 2.62 bits per heavy atom. The first-order valence-electron chi connectivity index (χ1n) is 4.23. The number of rotatable bonds is 2. The number of halogens is 1. The molecular formula is C8H7ClN4O2S. The van der Waals surface area contributed by atoms with Gasteiger partial charge in [-0.15, -0.1) is 0 Å². The van der Waals surface area contributed by atoms with Crippen molar-refractivity contribution in [2.24, 2.45) is 0 Å². The highest BCUT2D eigenvalue weighted by Crippen LogP contribution is 2.20. The molecule has 6 nitrogen and oxygen atoms in total. The van der Waals surface area contributed by atoms with Crippen LogP contribution >= 0.6 is 11.6 Å². The Morgan fingerprint density at radius 2 is 2.00 bits per heavy atom. The van der Waals surface area contributed by atoms with Crippen LogP contribution in [0.5, 0.6) is 0 Å². The van der Waals surface area contributed by atoms with Crippen molar-refractivity contribution in [3.05, 3.63) is 29.3 Å². The Morgan fingerprint density at radius 1 is 1.31 bits per heavy atom. The maximum absolute atomic E-state index is 11.4. The largest absolute Gasteiger partial charge is 0.272 e. The Hall–Kier alpha value is -1.47. The summed E-state index contributed by atoms with van der Waals surface area (Å²) < 4.78 is 23.9. The molecule has 0 N–H and O–H groups in total. The van der Waals surface area contributed by atoms with Gasteiger partial charge < -0.3 is 0 Å². The van der Waals surface area contributed by atoms with E-state index in [2.05, 4.69) is 15.5 Å². The second kappa shape index (κ2) is 3.84. The van der Waals surface area contributed by atoms with Crippen LogP contribution in [0.3, 0.4) is 0 Å². The molecule has 0 aliphatic carbocycles. The van der Waals surface area contributed by atoms with Gasteiger partial charge in [0.1, 0.15) is 0 Å². The van der Waals surface area contributed by atoms with Crippen molar-refractivity contribution in [3.8, 4) is 5.69 Å². The highest BCUT2D eigenvalue weighted by Gasteiger charge is 2.19. The summed E-state index contributed by atoms with van der Waals surface area (Å²) in [6, 6.07) is 6.71. The van der Waals surface area contributed by atoms with Crippen LogP contribution in [0.15, 0.2) is 29.4 Å². The van der Waals surface area contributed by atoms with Crippen molar-refractivity contribution in [1.29, 1.82) is 0 Å². The third kappa shape index (κ3) is 1.91. The highest BCUT2D eigenvalue weighted by molar-refractivity contribution is 7.90. The molecule has 2 rings (SSSR count). The lowest BCUT2D eigenvalue weighted by molar-refractivity contribution is 0.586. The van der Waals surface area contributed by atoms with Crippen molar-refractivity contribution in [3.63, 3.8) is 0 Å². The first kappa shape index (κ1) is 11.0. The van der Waals surface area contributed by atoms with Crippen LogP contribution in [-0.4, -0.2) is 34.9 Å². The van der Waals surface area contributed by atoms with Crippen LogP contribution in [0, 0.1) is 0 Å². The SMILES string of the molecule is CS(=O)(=O)c1nnnn1-c1ccccc1Cl. The number of benzene rings is 1. The number of nitrogens with zero attached hydrogens (tertiary/aromatic N) is 4. The first-order valence-corrected chi connectivity index (χ1v) is 6.50. The molecule has 0 saturated carbocycles. The van der Waals surface area contributed by atoms with Crippen LogP contribution in [0.4, 0.5) is 0 Å². The molecule has 0 amide bonds. The fourth-order valence-electron chi connectivity index (χ4n) is 1.18. The van der Waals surface area contributed by atoms with E-state index in [0.717, 1.165) is 10.9 Å². The zero-order chi connectivity index (χ0) is 11.8. The van der Waals surface area contributed by atoms with Gasteiger partial charge in [0, 0.05) is 6.26 Å². The van der Waals surface area contributed by atoms with Gasteiger partial charge in [-0.3, -0.25) is 0 Å². The van der Waals surface area contributed by atoms with E-state index < -0.39 is 9.84 Å². The van der Waals surface area contributed by atoms with E-state index in [4.69, 9.17) is 11.6 Å². The molecule has 0 aliphatic heterocycles. The lowest BCUT2D eigenvalue weighted by Gasteiger charge is -2.04. The fraction of sp³-hybridized carbons (Fsp3) is 0.125. The lowest BCUT2D eigenvalue weighted by atomic mass is 10.3. The molecule has 0 spiro atoms. The maximum atomic E-state index is 11.4. The summed E-state index contributed by atoms with van der Waals surface area (Å²) in [5.41, 5.74) is 0.426. The molecule has 0 aliphatic rings. The highest BCUT2D eigenvalue weighted by atomic mass is 35.5. The Balaban J connectivity index is 2.68. The third-order valence-corrected chi connectivity index (χ3v) is 3.09. The van der Waals surface area contributed by atoms with E-state index >= 15 is 0 Å². The summed E-state index contributed by atoms with van der Waals surface area (Å²) in [7, 11) is -3.49. The second-order valence-electron chi connectivity index (χ2n) is 3.10. The van der Waals surface area contributed by atoms with E-state index in [0.29, 0.717) is 10.7 Å². The summed E-state index contributed by atoms with van der Waals surface area (Å²) in [6.07, 6.45) is 1.03. The molecule has 0 bridgehead atoms. The van der Waals surface area contributed by atoms with Crippen LogP contribution in [-0.2, 0) is 9.84 Å². The minimum absolute atomic E-state index is 0.236. The zero-order valence-corrected chi connectivity index (χ0v) is 9.77. The van der Waals surface area contributed by atoms with Gasteiger partial charge in [-0.05, 0) is 22.6 Å². The van der Waals surface area contributed by atoms with Gasteiger partial charge in [-0.1, -0.05) is 28.8 Å². The molecule has 0 radical (unpaired) electrons. The Labute approximate surface area is 96.8 Å². The number of hydrogen-bond acceptors (Lipinski definition) is 5. The molecule has 0 atom stereocenters. The smallest absolute Gasteiger partial charge is 0.221 e. The van der Waals surface area contributed by atoms with Gasteiger partial charge in [0.15, 0.2) is 0 Å². The molecule has 1 aromatic carbocycles. The summed E-state index contributed by atoms with van der Waals surface area (Å²) >= 11 is 5.93. The van der Waals surface area contributed by atoms with Crippen molar-refractivity contribution in [2.45, 2.75) is 5.16 Å². The normalized spacial score (nSPS) is 11.6. The van der Waals surface area contributed by atoms with Crippen molar-refractivity contribution in [1.82, 2.24) is 20.2 Å². The molecule has 1 heterocycles. The molecule has 0 unspecified atom stereocenters. The van der Waals surface area contributed by atoms with E-state index in [-0.39, 0.29) is 5.16 Å². The van der Waals surface area contributed by atoms with E-state index in [9.17, 15) is 8.42 Å². The van der Waals surface area contributed by atoms with Crippen molar-refractivity contribution < 1.29 is 8.42 Å². The predicted octanol–water partition coefficient (Wildman–Crippen LogP) is 0.719. The number of aromatic nitrogens is 4. The summed E-state index contributed by atoms with van der Waals surface area (Å²) in [5, 5.41) is 10.5. The van der Waals surface area contributed by atoms with Gasteiger partial charge in [0.25, 0.3) is 5.16 Å². The maximum Gasteiger partial charge on any atom is 0.272 e. The third-order valence-electron chi connectivity index (χ3n) is 1.85. The molecule has 84 valence electrons. The van der Waals surface area contributed by atoms with Crippen LogP contribution < -0.4 is 0 Å². The van der Waals surface area contributed by atoms with Gasteiger partial charge in [0.05, 0.1) is 10.7 Å². The Bertz CT molecular complexity index is 622. The quantitative estimate of drug-likeness (QED) is 0.793. The van der Waals surface area contributed by atoms with Crippen LogP contribution in [0.2, 0.25) is 5.02 Å². The molecule has 16 heavy (non-hydrogen) atoms. The van der Waals surface area contributed by atoms with Crippen molar-refractivity contribution >= 4 is 21.4 Å². The monoisotopic (exact) mass is 258 g/mol. The predicted molar refractivity (Wildman–Crippen MR) is 57.3 cm³/mol. The van der Waals surface area contributed by atoms with Gasteiger partial charge in [-0.25, -0.2) is 8.42 Å². The first-order chi connectivity index (χ1) is 7.50. The Kier molecular flexibility index (Phi) is 2.64. The lowest BCUT2D eigenvalue weighted by Crippen LogP contribution is -2.09. The molecule has 0 saturated heterocycles. The topological polar surface area (TPSA) is 77.7 Å². The molecule has 2 aromatic rings. The average molecular weight is 259 g/mol. The fourth-order valence-corrected chi connectivity index (χ4v) is 2.03. The van der Waals surface area contributed by atoms with E-state index in [1.165, 1.54) is 0 Å². The number of hydrogen-bond donors (Lipinski definition) is 0. The van der Waals surface area contributed by atoms with Crippen LogP contribution in [0.25, 0.3) is 5.69 Å². The number of para-hydroxylation sites is 1.